The average Bonchev–Trinajstić information content (AvgIpc) is 2.06. The molecule has 0 aliphatic carbocycles. The molecule has 0 aliphatic heterocycles. The van der Waals surface area contributed by atoms with E-state index in [0.29, 0.717) is 5.69 Å². The van der Waals surface area contributed by atoms with Crippen LogP contribution < -0.4 is 5.73 Å². The lowest BCUT2D eigenvalue weighted by molar-refractivity contribution is 0.624. The monoisotopic (exact) mass is 197 g/mol. The van der Waals surface area contributed by atoms with Gasteiger partial charge in [0, 0.05) is 16.3 Å². The van der Waals surface area contributed by atoms with Crippen molar-refractivity contribution in [3.05, 3.63) is 36.2 Å². The Labute approximate surface area is 81.8 Å². The Morgan fingerprint density at radius 1 is 1.62 bits per heavy atom. The molecular formula is C10H12FNS. The van der Waals surface area contributed by atoms with Crippen molar-refractivity contribution in [2.45, 2.75) is 11.8 Å². The summed E-state index contributed by atoms with van der Waals surface area (Å²) < 4.78 is 12.8. The third-order valence-electron chi connectivity index (χ3n) is 1.45. The fourth-order valence-corrected chi connectivity index (χ4v) is 1.67. The lowest BCUT2D eigenvalue weighted by atomic mass is 10.3. The molecular weight excluding hydrogens is 185 g/mol. The van der Waals surface area contributed by atoms with Gasteiger partial charge in [-0.3, -0.25) is 0 Å². The third-order valence-corrected chi connectivity index (χ3v) is 2.75. The minimum absolute atomic E-state index is 0.251. The van der Waals surface area contributed by atoms with Crippen LogP contribution in [0.4, 0.5) is 10.1 Å². The molecule has 0 aliphatic rings. The van der Waals surface area contributed by atoms with Crippen LogP contribution in [0.3, 0.4) is 0 Å². The van der Waals surface area contributed by atoms with Gasteiger partial charge in [0.2, 0.25) is 0 Å². The number of hydrogen-bond acceptors (Lipinski definition) is 2. The Morgan fingerprint density at radius 3 is 2.92 bits per heavy atom. The maximum atomic E-state index is 12.8. The Balaban J connectivity index is 2.75. The van der Waals surface area contributed by atoms with Gasteiger partial charge in [-0.05, 0) is 25.1 Å². The lowest BCUT2D eigenvalue weighted by Gasteiger charge is -2.04. The minimum atomic E-state index is -0.251. The summed E-state index contributed by atoms with van der Waals surface area (Å²) in [7, 11) is 0. The van der Waals surface area contributed by atoms with E-state index in [1.54, 1.807) is 6.07 Å². The standard InChI is InChI=1S/C10H12FNS/c1-7(2)6-13-10-5-8(11)3-4-9(10)12/h3-5H,1,6,12H2,2H3. The summed E-state index contributed by atoms with van der Waals surface area (Å²) >= 11 is 1.50. The van der Waals surface area contributed by atoms with Gasteiger partial charge in [0.05, 0.1) is 0 Å². The second-order valence-corrected chi connectivity index (χ2v) is 3.95. The highest BCUT2D eigenvalue weighted by Crippen LogP contribution is 2.26. The van der Waals surface area contributed by atoms with Crippen LogP contribution in [-0.4, -0.2) is 5.75 Å². The second-order valence-electron chi connectivity index (χ2n) is 2.93. The third kappa shape index (κ3) is 3.11. The van der Waals surface area contributed by atoms with E-state index in [0.717, 1.165) is 16.2 Å². The van der Waals surface area contributed by atoms with Crippen LogP contribution in [-0.2, 0) is 0 Å². The quantitative estimate of drug-likeness (QED) is 0.458. The lowest BCUT2D eigenvalue weighted by Crippen LogP contribution is -1.90. The number of anilines is 1. The van der Waals surface area contributed by atoms with Crippen LogP contribution in [0.5, 0.6) is 0 Å². The Morgan fingerprint density at radius 2 is 2.31 bits per heavy atom. The van der Waals surface area contributed by atoms with E-state index < -0.39 is 0 Å². The zero-order valence-electron chi connectivity index (χ0n) is 7.51. The second kappa shape index (κ2) is 4.33. The number of rotatable bonds is 3. The molecule has 0 saturated heterocycles. The van der Waals surface area contributed by atoms with Crippen LogP contribution in [0, 0.1) is 5.82 Å². The fraction of sp³-hybridized carbons (Fsp3) is 0.200. The summed E-state index contributed by atoms with van der Waals surface area (Å²) in [4.78, 5) is 0.781. The first-order valence-corrected chi connectivity index (χ1v) is 4.90. The van der Waals surface area contributed by atoms with Gasteiger partial charge in [-0.1, -0.05) is 12.2 Å². The molecule has 0 heterocycles. The maximum Gasteiger partial charge on any atom is 0.124 e. The maximum absolute atomic E-state index is 12.8. The fourth-order valence-electron chi connectivity index (χ4n) is 0.834. The molecule has 0 atom stereocenters. The van der Waals surface area contributed by atoms with Gasteiger partial charge in [0.25, 0.3) is 0 Å². The first-order chi connectivity index (χ1) is 6.09. The van der Waals surface area contributed by atoms with Crippen molar-refractivity contribution in [1.82, 2.24) is 0 Å². The molecule has 0 bridgehead atoms. The molecule has 0 radical (unpaired) electrons. The van der Waals surface area contributed by atoms with Gasteiger partial charge in [0.15, 0.2) is 0 Å². The summed E-state index contributed by atoms with van der Waals surface area (Å²) in [5.74, 6) is 0.520. The number of nitrogens with two attached hydrogens (primary N) is 1. The molecule has 1 rings (SSSR count). The van der Waals surface area contributed by atoms with Crippen molar-refractivity contribution < 1.29 is 4.39 Å². The van der Waals surface area contributed by atoms with Crippen molar-refractivity contribution in [3.63, 3.8) is 0 Å². The molecule has 0 saturated carbocycles. The molecule has 70 valence electrons. The van der Waals surface area contributed by atoms with E-state index in [4.69, 9.17) is 5.73 Å². The molecule has 1 aromatic rings. The van der Waals surface area contributed by atoms with Crippen molar-refractivity contribution in [2.24, 2.45) is 0 Å². The molecule has 13 heavy (non-hydrogen) atoms. The van der Waals surface area contributed by atoms with Gasteiger partial charge < -0.3 is 5.73 Å². The first-order valence-electron chi connectivity index (χ1n) is 3.92. The van der Waals surface area contributed by atoms with E-state index in [2.05, 4.69) is 6.58 Å². The summed E-state index contributed by atoms with van der Waals surface area (Å²) in [6, 6.07) is 4.39. The number of nitrogen functional groups attached to an aromatic ring is 1. The van der Waals surface area contributed by atoms with Gasteiger partial charge >= 0.3 is 0 Å². The van der Waals surface area contributed by atoms with Gasteiger partial charge in [0.1, 0.15) is 5.82 Å². The van der Waals surface area contributed by atoms with Crippen LogP contribution in [0.15, 0.2) is 35.2 Å². The highest BCUT2D eigenvalue weighted by Gasteiger charge is 2.01. The predicted octanol–water partition coefficient (Wildman–Crippen LogP) is 3.08. The Bertz CT molecular complexity index is 323. The van der Waals surface area contributed by atoms with Crippen LogP contribution in [0.1, 0.15) is 6.92 Å². The molecule has 2 N–H and O–H groups in total. The summed E-state index contributed by atoms with van der Waals surface area (Å²) in [6.07, 6.45) is 0. The van der Waals surface area contributed by atoms with E-state index >= 15 is 0 Å². The van der Waals surface area contributed by atoms with Crippen molar-refractivity contribution in [1.29, 1.82) is 0 Å². The smallest absolute Gasteiger partial charge is 0.124 e. The van der Waals surface area contributed by atoms with Crippen molar-refractivity contribution in [3.8, 4) is 0 Å². The van der Waals surface area contributed by atoms with Crippen molar-refractivity contribution in [2.75, 3.05) is 11.5 Å². The number of benzene rings is 1. The Hall–Kier alpha value is -0.960. The normalized spacial score (nSPS) is 10.0. The van der Waals surface area contributed by atoms with Crippen LogP contribution >= 0.6 is 11.8 Å². The van der Waals surface area contributed by atoms with Crippen LogP contribution in [0.2, 0.25) is 0 Å². The zero-order chi connectivity index (χ0) is 9.84. The minimum Gasteiger partial charge on any atom is -0.398 e. The summed E-state index contributed by atoms with van der Waals surface area (Å²) in [5, 5.41) is 0. The molecule has 0 amide bonds. The van der Waals surface area contributed by atoms with Gasteiger partial charge in [-0.25, -0.2) is 4.39 Å². The van der Waals surface area contributed by atoms with E-state index in [1.165, 1.54) is 23.9 Å². The number of halogens is 1. The number of thioether (sulfide) groups is 1. The molecule has 0 spiro atoms. The summed E-state index contributed by atoms with van der Waals surface area (Å²) in [5.41, 5.74) is 7.33. The molecule has 3 heteroatoms. The summed E-state index contributed by atoms with van der Waals surface area (Å²) in [6.45, 7) is 5.70. The molecule has 0 fully saturated rings. The molecule has 1 nitrogen and oxygen atoms in total. The SMILES string of the molecule is C=C(C)CSc1cc(F)ccc1N. The topological polar surface area (TPSA) is 26.0 Å². The van der Waals surface area contributed by atoms with Crippen LogP contribution in [0.25, 0.3) is 0 Å². The average molecular weight is 197 g/mol. The van der Waals surface area contributed by atoms with E-state index in [1.807, 2.05) is 6.92 Å². The first kappa shape index (κ1) is 10.1. The molecule has 0 unspecified atom stereocenters. The molecule has 1 aromatic carbocycles. The van der Waals surface area contributed by atoms with Gasteiger partial charge in [-0.2, -0.15) is 0 Å². The highest BCUT2D eigenvalue weighted by molar-refractivity contribution is 7.99. The van der Waals surface area contributed by atoms with E-state index in [-0.39, 0.29) is 5.82 Å². The van der Waals surface area contributed by atoms with Gasteiger partial charge in [-0.15, -0.1) is 11.8 Å². The van der Waals surface area contributed by atoms with E-state index in [9.17, 15) is 4.39 Å². The number of hydrogen-bond donors (Lipinski definition) is 1. The highest BCUT2D eigenvalue weighted by atomic mass is 32.2. The predicted molar refractivity (Wildman–Crippen MR) is 56.4 cm³/mol. The molecule has 0 aromatic heterocycles. The Kier molecular flexibility index (Phi) is 3.37. The largest absolute Gasteiger partial charge is 0.398 e. The zero-order valence-corrected chi connectivity index (χ0v) is 8.33. The van der Waals surface area contributed by atoms with Crippen molar-refractivity contribution >= 4 is 17.4 Å².